The van der Waals surface area contributed by atoms with Gasteiger partial charge in [0.2, 0.25) is 11.8 Å². The van der Waals surface area contributed by atoms with Gasteiger partial charge >= 0.3 is 0 Å². The Morgan fingerprint density at radius 2 is 1.93 bits per heavy atom. The Labute approximate surface area is 178 Å². The number of anilines is 2. The summed E-state index contributed by atoms with van der Waals surface area (Å²) in [5.41, 5.74) is 2.44. The van der Waals surface area contributed by atoms with Crippen LogP contribution in [0.25, 0.3) is 16.3 Å². The van der Waals surface area contributed by atoms with Gasteiger partial charge in [0.1, 0.15) is 0 Å². The van der Waals surface area contributed by atoms with Crippen LogP contribution in [0, 0.1) is 0 Å². The van der Waals surface area contributed by atoms with Crippen molar-refractivity contribution in [3.05, 3.63) is 60.2 Å². The van der Waals surface area contributed by atoms with Crippen LogP contribution < -0.4 is 16.0 Å². The number of hydrogen-bond donors (Lipinski definition) is 3. The van der Waals surface area contributed by atoms with E-state index in [0.717, 1.165) is 27.9 Å². The molecule has 0 unspecified atom stereocenters. The van der Waals surface area contributed by atoms with Crippen molar-refractivity contribution >= 4 is 67.6 Å². The summed E-state index contributed by atoms with van der Waals surface area (Å²) in [4.78, 5) is 28.1. The number of thiocarbonyl (C=S) groups is 1. The third-order valence-corrected chi connectivity index (χ3v) is 4.97. The van der Waals surface area contributed by atoms with Crippen molar-refractivity contribution in [2.75, 3.05) is 10.6 Å². The number of amides is 2. The van der Waals surface area contributed by atoms with Gasteiger partial charge in [0.05, 0.1) is 10.2 Å². The van der Waals surface area contributed by atoms with Gasteiger partial charge in [-0.25, -0.2) is 4.98 Å². The van der Waals surface area contributed by atoms with Gasteiger partial charge in [0, 0.05) is 18.2 Å². The SMILES string of the molecule is CCCC(=O)Nc1nc2ccc(NC(=S)NC(=O)/C=C/c3ccccc3)cc2s1. The molecular weight excluding hydrogens is 404 g/mol. The van der Waals surface area contributed by atoms with Gasteiger partial charge < -0.3 is 10.6 Å². The van der Waals surface area contributed by atoms with E-state index in [9.17, 15) is 9.59 Å². The Kier molecular flexibility index (Phi) is 7.04. The summed E-state index contributed by atoms with van der Waals surface area (Å²) in [6.45, 7) is 1.95. The lowest BCUT2D eigenvalue weighted by Crippen LogP contribution is -2.32. The number of carbonyl (C=O) groups excluding carboxylic acids is 2. The first kappa shape index (κ1) is 20.6. The van der Waals surface area contributed by atoms with Crippen LogP contribution in [-0.2, 0) is 9.59 Å². The second-order valence-corrected chi connectivity index (χ2v) is 7.63. The molecule has 0 saturated carbocycles. The first-order valence-corrected chi connectivity index (χ1v) is 10.3. The highest BCUT2D eigenvalue weighted by molar-refractivity contribution is 7.80. The Bertz CT molecular complexity index is 1060. The number of rotatable bonds is 6. The second-order valence-electron chi connectivity index (χ2n) is 6.19. The minimum Gasteiger partial charge on any atom is -0.332 e. The Balaban J connectivity index is 1.59. The van der Waals surface area contributed by atoms with Crippen molar-refractivity contribution in [3.8, 4) is 0 Å². The largest absolute Gasteiger partial charge is 0.332 e. The number of carbonyl (C=O) groups is 2. The molecule has 0 atom stereocenters. The highest BCUT2D eigenvalue weighted by atomic mass is 32.1. The molecule has 3 aromatic rings. The van der Waals surface area contributed by atoms with E-state index in [1.807, 2.05) is 55.5 Å². The Hall–Kier alpha value is -3.10. The zero-order valence-electron chi connectivity index (χ0n) is 15.8. The first-order valence-electron chi connectivity index (χ1n) is 9.09. The summed E-state index contributed by atoms with van der Waals surface area (Å²) in [6, 6.07) is 15.1. The van der Waals surface area contributed by atoms with Gasteiger partial charge in [0.15, 0.2) is 10.2 Å². The zero-order chi connectivity index (χ0) is 20.6. The molecule has 8 heteroatoms. The van der Waals surface area contributed by atoms with Crippen molar-refractivity contribution in [1.82, 2.24) is 10.3 Å². The van der Waals surface area contributed by atoms with E-state index in [-0.39, 0.29) is 16.9 Å². The molecule has 2 aromatic carbocycles. The van der Waals surface area contributed by atoms with E-state index in [0.29, 0.717) is 11.6 Å². The topological polar surface area (TPSA) is 83.1 Å². The fourth-order valence-electron chi connectivity index (χ4n) is 2.52. The van der Waals surface area contributed by atoms with E-state index in [2.05, 4.69) is 20.9 Å². The van der Waals surface area contributed by atoms with Crippen molar-refractivity contribution < 1.29 is 9.59 Å². The molecule has 6 nitrogen and oxygen atoms in total. The predicted octanol–water partition coefficient (Wildman–Crippen LogP) is 4.56. The van der Waals surface area contributed by atoms with E-state index in [1.54, 1.807) is 6.08 Å². The lowest BCUT2D eigenvalue weighted by molar-refractivity contribution is -0.116. The molecule has 0 radical (unpaired) electrons. The number of fused-ring (bicyclic) bond motifs is 1. The molecule has 29 heavy (non-hydrogen) atoms. The Morgan fingerprint density at radius 3 is 2.69 bits per heavy atom. The number of aromatic nitrogens is 1. The third kappa shape index (κ3) is 6.20. The van der Waals surface area contributed by atoms with Crippen molar-refractivity contribution in [3.63, 3.8) is 0 Å². The van der Waals surface area contributed by atoms with Crippen molar-refractivity contribution in [1.29, 1.82) is 0 Å². The predicted molar refractivity (Wildman–Crippen MR) is 123 cm³/mol. The van der Waals surface area contributed by atoms with Crippen LogP contribution in [0.5, 0.6) is 0 Å². The fraction of sp³-hybridized carbons (Fsp3) is 0.143. The summed E-state index contributed by atoms with van der Waals surface area (Å²) in [5.74, 6) is -0.358. The van der Waals surface area contributed by atoms with Crippen molar-refractivity contribution in [2.24, 2.45) is 0 Å². The average Bonchev–Trinajstić information content (AvgIpc) is 3.08. The van der Waals surface area contributed by atoms with Gasteiger partial charge in [-0.2, -0.15) is 0 Å². The first-order chi connectivity index (χ1) is 14.0. The van der Waals surface area contributed by atoms with Gasteiger partial charge in [-0.05, 0) is 48.5 Å². The molecule has 0 aliphatic rings. The summed E-state index contributed by atoms with van der Waals surface area (Å²) in [6.07, 6.45) is 4.40. The molecule has 3 N–H and O–H groups in total. The highest BCUT2D eigenvalue weighted by Crippen LogP contribution is 2.28. The molecule has 1 aromatic heterocycles. The van der Waals surface area contributed by atoms with Crippen LogP contribution in [0.3, 0.4) is 0 Å². The molecule has 0 spiro atoms. The van der Waals surface area contributed by atoms with Crippen LogP contribution in [0.1, 0.15) is 25.3 Å². The molecule has 0 aliphatic heterocycles. The maximum absolute atomic E-state index is 12.0. The smallest absolute Gasteiger partial charge is 0.250 e. The molecule has 2 amide bonds. The summed E-state index contributed by atoms with van der Waals surface area (Å²) in [7, 11) is 0. The van der Waals surface area contributed by atoms with Gasteiger partial charge in [-0.1, -0.05) is 48.6 Å². The fourth-order valence-corrected chi connectivity index (χ4v) is 3.66. The normalized spacial score (nSPS) is 10.8. The van der Waals surface area contributed by atoms with Crippen LogP contribution in [0.2, 0.25) is 0 Å². The minimum atomic E-state index is -0.314. The number of hydrogen-bond acceptors (Lipinski definition) is 5. The maximum atomic E-state index is 12.0. The second kappa shape index (κ2) is 9.90. The van der Waals surface area contributed by atoms with Crippen LogP contribution in [0.15, 0.2) is 54.6 Å². The molecule has 148 valence electrons. The third-order valence-electron chi connectivity index (χ3n) is 3.83. The van der Waals surface area contributed by atoms with Gasteiger partial charge in [0.25, 0.3) is 0 Å². The van der Waals surface area contributed by atoms with Crippen LogP contribution >= 0.6 is 23.6 Å². The molecule has 0 saturated heterocycles. The maximum Gasteiger partial charge on any atom is 0.250 e. The molecular formula is C21H20N4O2S2. The lowest BCUT2D eigenvalue weighted by atomic mass is 10.2. The van der Waals surface area contributed by atoms with Crippen LogP contribution in [-0.4, -0.2) is 21.9 Å². The molecule has 1 heterocycles. The van der Waals surface area contributed by atoms with E-state index in [4.69, 9.17) is 12.2 Å². The highest BCUT2D eigenvalue weighted by Gasteiger charge is 2.09. The number of thiazole rings is 1. The standard InChI is InChI=1S/C21H20N4O2S2/c1-2-6-18(26)25-21-23-16-11-10-15(13-17(16)29-21)22-20(28)24-19(27)12-9-14-7-4-3-5-8-14/h3-5,7-13H,2,6H2,1H3,(H,23,25,26)(H2,22,24,27,28)/b12-9+. The monoisotopic (exact) mass is 424 g/mol. The van der Waals surface area contributed by atoms with Crippen LogP contribution in [0.4, 0.5) is 10.8 Å². The Morgan fingerprint density at radius 1 is 1.14 bits per heavy atom. The minimum absolute atomic E-state index is 0.0441. The molecule has 0 bridgehead atoms. The number of nitrogens with one attached hydrogen (secondary N) is 3. The van der Waals surface area contributed by atoms with Gasteiger partial charge in [-0.3, -0.25) is 14.9 Å². The number of nitrogens with zero attached hydrogens (tertiary/aromatic N) is 1. The quantitative estimate of drug-likeness (QED) is 0.399. The van der Waals surface area contributed by atoms with E-state index >= 15 is 0 Å². The van der Waals surface area contributed by atoms with E-state index < -0.39 is 0 Å². The summed E-state index contributed by atoms with van der Waals surface area (Å²) >= 11 is 6.60. The lowest BCUT2D eigenvalue weighted by Gasteiger charge is -2.07. The van der Waals surface area contributed by atoms with Gasteiger partial charge in [-0.15, -0.1) is 0 Å². The zero-order valence-corrected chi connectivity index (χ0v) is 17.4. The molecule has 0 fully saturated rings. The number of benzene rings is 2. The molecule has 0 aliphatic carbocycles. The van der Waals surface area contributed by atoms with Crippen molar-refractivity contribution in [2.45, 2.75) is 19.8 Å². The average molecular weight is 425 g/mol. The summed E-state index contributed by atoms with van der Waals surface area (Å²) < 4.78 is 0.903. The van der Waals surface area contributed by atoms with E-state index in [1.165, 1.54) is 17.4 Å². The summed E-state index contributed by atoms with van der Waals surface area (Å²) in [5, 5.41) is 9.18. The molecule has 3 rings (SSSR count).